The molecule has 40 heavy (non-hydrogen) atoms. The molecule has 2 aromatic carbocycles. The van der Waals surface area contributed by atoms with E-state index >= 15 is 0 Å². The molecule has 2 aliphatic rings. The first-order valence-corrected chi connectivity index (χ1v) is 13.3. The van der Waals surface area contributed by atoms with E-state index in [1.807, 2.05) is 0 Å². The summed E-state index contributed by atoms with van der Waals surface area (Å²) in [6, 6.07) is 10.6. The normalized spacial score (nSPS) is 19.7. The average Bonchev–Trinajstić information content (AvgIpc) is 3.43. The van der Waals surface area contributed by atoms with Crippen molar-refractivity contribution in [2.24, 2.45) is 0 Å². The Hall–Kier alpha value is -3.38. The fourth-order valence-corrected chi connectivity index (χ4v) is 4.94. The number of carboxylic acid groups (broad SMARTS) is 1. The number of carbonyl (C=O) groups excluding carboxylic acids is 3. The Kier molecular flexibility index (Phi) is 9.85. The molecule has 11 nitrogen and oxygen atoms in total. The van der Waals surface area contributed by atoms with Gasteiger partial charge in [0.05, 0.1) is 0 Å². The van der Waals surface area contributed by atoms with Crippen molar-refractivity contribution < 1.29 is 38.5 Å². The molecule has 2 aliphatic heterocycles. The van der Waals surface area contributed by atoms with Crippen LogP contribution >= 0.6 is 23.2 Å². The molecular formula is C27H29Cl2N3O8. The predicted molar refractivity (Wildman–Crippen MR) is 144 cm³/mol. The first-order valence-electron chi connectivity index (χ1n) is 12.6. The number of rotatable bonds is 9. The van der Waals surface area contributed by atoms with E-state index in [2.05, 4.69) is 5.32 Å². The van der Waals surface area contributed by atoms with Crippen LogP contribution in [-0.2, 0) is 41.7 Å². The van der Waals surface area contributed by atoms with Crippen LogP contribution in [0.2, 0.25) is 10.0 Å². The van der Waals surface area contributed by atoms with Crippen LogP contribution in [0.1, 0.15) is 18.1 Å². The number of piperazine rings is 1. The summed E-state index contributed by atoms with van der Waals surface area (Å²) in [6.07, 6.45) is -2.52. The van der Waals surface area contributed by atoms with Crippen LogP contribution in [0.5, 0.6) is 5.75 Å². The summed E-state index contributed by atoms with van der Waals surface area (Å²) in [6.45, 7) is 2.70. The summed E-state index contributed by atoms with van der Waals surface area (Å²) in [4.78, 5) is 52.6. The van der Waals surface area contributed by atoms with Gasteiger partial charge in [0.15, 0.2) is 12.2 Å². The van der Waals surface area contributed by atoms with Gasteiger partial charge in [-0.2, -0.15) is 0 Å². The topological polar surface area (TPSA) is 135 Å². The van der Waals surface area contributed by atoms with Crippen molar-refractivity contribution >= 4 is 46.9 Å². The van der Waals surface area contributed by atoms with Crippen molar-refractivity contribution in [2.45, 2.75) is 38.2 Å². The Labute approximate surface area is 240 Å². The molecule has 2 heterocycles. The molecule has 0 saturated carbocycles. The number of nitrogens with zero attached hydrogens (tertiary/aromatic N) is 2. The van der Waals surface area contributed by atoms with Gasteiger partial charge in [0.1, 0.15) is 25.2 Å². The van der Waals surface area contributed by atoms with Crippen LogP contribution in [0.3, 0.4) is 0 Å². The Bertz CT molecular complexity index is 1230. The van der Waals surface area contributed by atoms with Crippen LogP contribution in [-0.4, -0.2) is 89.8 Å². The second kappa shape index (κ2) is 13.3. The van der Waals surface area contributed by atoms with Gasteiger partial charge < -0.3 is 34.4 Å². The minimum absolute atomic E-state index is 0.0170. The molecule has 4 rings (SSSR count). The Morgan fingerprint density at radius 2 is 1.57 bits per heavy atom. The molecule has 3 amide bonds. The first-order chi connectivity index (χ1) is 19.1. The first kappa shape index (κ1) is 29.6. The lowest BCUT2D eigenvalue weighted by Gasteiger charge is -2.35. The van der Waals surface area contributed by atoms with Crippen molar-refractivity contribution in [3.8, 4) is 5.75 Å². The van der Waals surface area contributed by atoms with E-state index in [0.29, 0.717) is 53.1 Å². The van der Waals surface area contributed by atoms with Gasteiger partial charge in [0.25, 0.3) is 11.8 Å². The van der Waals surface area contributed by atoms with Gasteiger partial charge in [-0.25, -0.2) is 4.79 Å². The summed E-state index contributed by atoms with van der Waals surface area (Å²) in [5, 5.41) is 13.2. The number of hydrogen-bond donors (Lipinski definition) is 2. The summed E-state index contributed by atoms with van der Waals surface area (Å²) < 4.78 is 16.5. The fourth-order valence-electron chi connectivity index (χ4n) is 4.43. The molecule has 13 heteroatoms. The largest absolute Gasteiger partial charge is 0.489 e. The fraction of sp³-hybridized carbons (Fsp3) is 0.407. The third kappa shape index (κ3) is 7.22. The lowest BCUT2D eigenvalue weighted by molar-refractivity contribution is -0.149. The van der Waals surface area contributed by atoms with Gasteiger partial charge in [-0.3, -0.25) is 14.4 Å². The number of hydrogen-bond acceptors (Lipinski definition) is 7. The van der Waals surface area contributed by atoms with Crippen LogP contribution < -0.4 is 10.1 Å². The maximum absolute atomic E-state index is 13.0. The minimum atomic E-state index is -1.30. The summed E-state index contributed by atoms with van der Waals surface area (Å²) in [5.41, 5.74) is 1.28. The van der Waals surface area contributed by atoms with Gasteiger partial charge in [-0.15, -0.1) is 0 Å². The molecule has 2 saturated heterocycles. The number of carboxylic acids is 1. The smallest absolute Gasteiger partial charge is 0.326 e. The molecule has 3 atom stereocenters. The Morgan fingerprint density at radius 1 is 0.975 bits per heavy atom. The van der Waals surface area contributed by atoms with Crippen molar-refractivity contribution in [3.63, 3.8) is 0 Å². The van der Waals surface area contributed by atoms with Gasteiger partial charge in [0, 0.05) is 55.1 Å². The summed E-state index contributed by atoms with van der Waals surface area (Å²) >= 11 is 12.3. The zero-order chi connectivity index (χ0) is 28.8. The van der Waals surface area contributed by atoms with E-state index in [9.17, 15) is 24.3 Å². The third-order valence-corrected chi connectivity index (χ3v) is 7.44. The van der Waals surface area contributed by atoms with Crippen LogP contribution in [0.15, 0.2) is 42.5 Å². The second-order valence-corrected chi connectivity index (χ2v) is 10.2. The number of carbonyl (C=O) groups is 4. The van der Waals surface area contributed by atoms with Crippen molar-refractivity contribution in [1.82, 2.24) is 15.1 Å². The van der Waals surface area contributed by atoms with Gasteiger partial charge in [-0.05, 0) is 29.8 Å². The number of aliphatic carboxylic acids is 1. The van der Waals surface area contributed by atoms with E-state index in [1.54, 1.807) is 47.4 Å². The summed E-state index contributed by atoms with van der Waals surface area (Å²) in [7, 11) is 0. The maximum atomic E-state index is 13.0. The molecule has 214 valence electrons. The number of amides is 3. The molecule has 2 fully saturated rings. The molecule has 0 spiro atoms. The van der Waals surface area contributed by atoms with Crippen LogP contribution in [0, 0.1) is 0 Å². The van der Waals surface area contributed by atoms with Crippen molar-refractivity contribution in [2.75, 3.05) is 33.0 Å². The highest BCUT2D eigenvalue weighted by molar-refractivity contribution is 6.35. The van der Waals surface area contributed by atoms with E-state index in [1.165, 1.54) is 11.8 Å². The molecule has 0 radical (unpaired) electrons. The van der Waals surface area contributed by atoms with Crippen LogP contribution in [0.4, 0.5) is 0 Å². The van der Waals surface area contributed by atoms with E-state index < -0.39 is 36.0 Å². The van der Waals surface area contributed by atoms with Crippen molar-refractivity contribution in [3.05, 3.63) is 63.6 Å². The quantitative estimate of drug-likeness (QED) is 0.451. The third-order valence-electron chi connectivity index (χ3n) is 6.73. The van der Waals surface area contributed by atoms with Crippen LogP contribution in [0.25, 0.3) is 0 Å². The van der Waals surface area contributed by atoms with E-state index in [-0.39, 0.29) is 25.7 Å². The highest BCUT2D eigenvalue weighted by atomic mass is 35.5. The average molecular weight is 594 g/mol. The molecule has 0 aromatic heterocycles. The Morgan fingerprint density at radius 3 is 2.17 bits per heavy atom. The lowest BCUT2D eigenvalue weighted by atomic mass is 10.0. The highest BCUT2D eigenvalue weighted by Crippen LogP contribution is 2.26. The maximum Gasteiger partial charge on any atom is 0.326 e. The van der Waals surface area contributed by atoms with Gasteiger partial charge in [-0.1, -0.05) is 41.4 Å². The van der Waals surface area contributed by atoms with Gasteiger partial charge in [0.2, 0.25) is 5.91 Å². The standard InChI is InChI=1S/C27H29Cl2N3O8/c1-16(33)31-9-11-32(12-10-31)26(35)24-23(39-15-40-24)25(34)30-22(27(36)37)13-17-5-7-18(8-6-17)38-14-19-20(28)3-2-4-21(19)29/h2-8,22-24H,9-15H2,1H3,(H,30,34)(H,36,37)/t22-,23+,24+/m0/s1. The zero-order valence-corrected chi connectivity index (χ0v) is 23.2. The molecule has 0 unspecified atom stereocenters. The molecule has 0 aliphatic carbocycles. The lowest BCUT2D eigenvalue weighted by Crippen LogP contribution is -2.56. The van der Waals surface area contributed by atoms with E-state index in [4.69, 9.17) is 37.4 Å². The predicted octanol–water partition coefficient (Wildman–Crippen LogP) is 2.12. The number of nitrogens with one attached hydrogen (secondary N) is 1. The van der Waals surface area contributed by atoms with Gasteiger partial charge >= 0.3 is 5.97 Å². The van der Waals surface area contributed by atoms with Crippen molar-refractivity contribution in [1.29, 1.82) is 0 Å². The summed E-state index contributed by atoms with van der Waals surface area (Å²) in [5.74, 6) is -2.00. The second-order valence-electron chi connectivity index (χ2n) is 9.36. The molecule has 0 bridgehead atoms. The zero-order valence-electron chi connectivity index (χ0n) is 21.7. The van der Waals surface area contributed by atoms with E-state index in [0.717, 1.165) is 0 Å². The molecule has 2 aromatic rings. The monoisotopic (exact) mass is 593 g/mol. The Balaban J connectivity index is 1.33. The number of halogens is 2. The minimum Gasteiger partial charge on any atom is -0.489 e. The SMILES string of the molecule is CC(=O)N1CCN(C(=O)[C@@H]2OCO[C@H]2C(=O)N[C@@H](Cc2ccc(OCc3c(Cl)cccc3Cl)cc2)C(=O)O)CC1. The highest BCUT2D eigenvalue weighted by Gasteiger charge is 2.44. The molecule has 2 N–H and O–H groups in total. The number of benzene rings is 2. The number of ether oxygens (including phenoxy) is 3. The molecular weight excluding hydrogens is 565 g/mol.